The van der Waals surface area contributed by atoms with Crippen molar-refractivity contribution in [3.05, 3.63) is 0 Å². The van der Waals surface area contributed by atoms with Crippen LogP contribution in [-0.4, -0.2) is 37.1 Å². The first-order chi connectivity index (χ1) is 7.45. The van der Waals surface area contributed by atoms with Crippen LogP contribution in [-0.2, 0) is 9.59 Å². The van der Waals surface area contributed by atoms with E-state index in [4.69, 9.17) is 0 Å². The second kappa shape index (κ2) is 8.03. The van der Waals surface area contributed by atoms with Crippen LogP contribution >= 0.6 is 0 Å². The van der Waals surface area contributed by atoms with Crippen LogP contribution in [0.4, 0.5) is 0 Å². The zero-order valence-corrected chi connectivity index (χ0v) is 9.31. The minimum Gasteiger partial charge on any atom is -0.544 e. The minimum absolute atomic E-state index is 0.386. The van der Waals surface area contributed by atoms with E-state index in [1.807, 2.05) is 5.32 Å². The second-order valence-corrected chi connectivity index (χ2v) is 3.84. The molecule has 0 saturated heterocycles. The first kappa shape index (κ1) is 14.8. The second-order valence-electron chi connectivity index (χ2n) is 3.84. The first-order valence-corrected chi connectivity index (χ1v) is 5.34. The third kappa shape index (κ3) is 7.16. The first-order valence-electron chi connectivity index (χ1n) is 5.34. The van der Waals surface area contributed by atoms with Crippen LogP contribution in [0.2, 0.25) is 0 Å². The summed E-state index contributed by atoms with van der Waals surface area (Å²) in [6.45, 7) is 1.13. The molecule has 0 heterocycles. The lowest BCUT2D eigenvalue weighted by atomic mass is 10.1. The van der Waals surface area contributed by atoms with Crippen LogP contribution in [0.25, 0.3) is 0 Å². The van der Waals surface area contributed by atoms with Crippen molar-refractivity contribution >= 4 is 11.9 Å². The smallest absolute Gasteiger partial charge is 0.174 e. The predicted molar refractivity (Wildman–Crippen MR) is 48.9 cm³/mol. The van der Waals surface area contributed by atoms with Crippen LogP contribution in [0.1, 0.15) is 19.3 Å². The molecule has 8 N–H and O–H groups in total. The topological polar surface area (TPSA) is 152 Å². The minimum atomic E-state index is -1.15. The quantitative estimate of drug-likeness (QED) is 0.339. The number of aliphatic carboxylic acids is 2. The lowest BCUT2D eigenvalue weighted by Gasteiger charge is -2.09. The molecule has 0 spiro atoms. The third-order valence-electron chi connectivity index (χ3n) is 2.33. The summed E-state index contributed by atoms with van der Waals surface area (Å²) in [5, 5.41) is 22.5. The number of unbranched alkanes of at least 4 members (excludes halogenated alkanes) is 1. The van der Waals surface area contributed by atoms with Gasteiger partial charge < -0.3 is 36.6 Å². The van der Waals surface area contributed by atoms with Gasteiger partial charge in [0.15, 0.2) is 6.04 Å². The molecule has 7 heteroatoms. The molecule has 16 heavy (non-hydrogen) atoms. The van der Waals surface area contributed by atoms with Crippen molar-refractivity contribution in [3.8, 4) is 0 Å². The summed E-state index contributed by atoms with van der Waals surface area (Å²) in [6, 6.07) is -1.37. The Hall–Kier alpha value is -1.18. The van der Waals surface area contributed by atoms with Gasteiger partial charge in [-0.15, -0.1) is 0 Å². The normalized spacial score (nSPS) is 14.4. The Morgan fingerprint density at radius 3 is 2.12 bits per heavy atom. The zero-order valence-electron chi connectivity index (χ0n) is 9.31. The largest absolute Gasteiger partial charge is 0.544 e. The molecule has 0 bridgehead atoms. The van der Waals surface area contributed by atoms with Crippen molar-refractivity contribution < 1.29 is 36.6 Å². The van der Waals surface area contributed by atoms with Crippen LogP contribution < -0.4 is 27.0 Å². The highest BCUT2D eigenvalue weighted by Gasteiger charge is 2.09. The molecule has 0 aliphatic rings. The molecule has 0 saturated carbocycles. The molecule has 0 fully saturated rings. The average molecular weight is 234 g/mol. The molecule has 0 rings (SSSR count). The van der Waals surface area contributed by atoms with E-state index in [0.717, 1.165) is 19.4 Å². The van der Waals surface area contributed by atoms with Gasteiger partial charge in [-0.05, 0) is 12.8 Å². The number of carbonyl (C=O) groups is 2. The van der Waals surface area contributed by atoms with E-state index >= 15 is 0 Å². The van der Waals surface area contributed by atoms with E-state index in [0.29, 0.717) is 13.0 Å². The fourth-order valence-corrected chi connectivity index (χ4v) is 1.21. The third-order valence-corrected chi connectivity index (χ3v) is 2.33. The van der Waals surface area contributed by atoms with E-state index < -0.39 is 24.0 Å². The average Bonchev–Trinajstić information content (AvgIpc) is 2.21. The summed E-state index contributed by atoms with van der Waals surface area (Å²) in [7, 11) is 0. The summed E-state index contributed by atoms with van der Waals surface area (Å²) >= 11 is 0. The molecular formula is C9H20N3O4+. The van der Waals surface area contributed by atoms with Gasteiger partial charge in [-0.3, -0.25) is 0 Å². The Balaban J connectivity index is 3.34. The number of carbonyl (C=O) groups excluding carboxylic acids is 2. The number of carboxylic acids is 2. The summed E-state index contributed by atoms with van der Waals surface area (Å²) in [5.41, 5.74) is 6.86. The fraction of sp³-hybridized carbons (Fsp3) is 0.778. The Labute approximate surface area is 93.8 Å². The van der Waals surface area contributed by atoms with Crippen molar-refractivity contribution in [2.75, 3.05) is 13.1 Å². The van der Waals surface area contributed by atoms with Crippen molar-refractivity contribution in [1.29, 1.82) is 0 Å². The van der Waals surface area contributed by atoms with Gasteiger partial charge in [0.25, 0.3) is 0 Å². The molecule has 0 aromatic rings. The lowest BCUT2D eigenvalue weighted by Crippen LogP contribution is -2.92. The number of hydrogen-bond donors (Lipinski definition) is 3. The maximum absolute atomic E-state index is 10.3. The van der Waals surface area contributed by atoms with E-state index in [9.17, 15) is 19.8 Å². The van der Waals surface area contributed by atoms with E-state index in [-0.39, 0.29) is 0 Å². The molecule has 2 atom stereocenters. The van der Waals surface area contributed by atoms with Gasteiger partial charge in [-0.2, -0.15) is 0 Å². The summed E-state index contributed by atoms with van der Waals surface area (Å²) in [5.74, 6) is -2.27. The number of rotatable bonds is 9. The van der Waals surface area contributed by atoms with Crippen molar-refractivity contribution in [2.45, 2.75) is 31.3 Å². The SMILES string of the molecule is [NH3+][C@@H](CCCC[NH2+]C[C@H]([NH3+])C(=O)[O-])C(=O)[O-]. The molecule has 0 aliphatic carbocycles. The Morgan fingerprint density at radius 1 is 1.06 bits per heavy atom. The number of carboxylic acid groups (broad SMARTS) is 2. The van der Waals surface area contributed by atoms with Crippen LogP contribution in [0.15, 0.2) is 0 Å². The van der Waals surface area contributed by atoms with E-state index in [2.05, 4.69) is 11.5 Å². The Bertz CT molecular complexity index is 211. The van der Waals surface area contributed by atoms with E-state index in [1.165, 1.54) is 0 Å². The highest BCUT2D eigenvalue weighted by Crippen LogP contribution is 1.94. The van der Waals surface area contributed by atoms with Gasteiger partial charge in [0.05, 0.1) is 12.5 Å². The van der Waals surface area contributed by atoms with Gasteiger partial charge in [-0.25, -0.2) is 0 Å². The number of hydrogen-bond acceptors (Lipinski definition) is 4. The molecule has 0 amide bonds. The highest BCUT2D eigenvalue weighted by molar-refractivity contribution is 5.69. The van der Waals surface area contributed by atoms with Gasteiger partial charge in [0.2, 0.25) is 0 Å². The van der Waals surface area contributed by atoms with E-state index in [1.54, 1.807) is 0 Å². The zero-order chi connectivity index (χ0) is 12.6. The standard InChI is InChI=1S/C9H19N3O4/c10-6(8(13)14)3-1-2-4-12-5-7(11)9(15)16/h6-7,12H,1-5,10-11H2,(H,13,14)(H,15,16)/p+1/t6-,7-/m0/s1. The molecule has 7 nitrogen and oxygen atoms in total. The molecule has 94 valence electrons. The van der Waals surface area contributed by atoms with Crippen LogP contribution in [0.5, 0.6) is 0 Å². The molecule has 0 aromatic heterocycles. The van der Waals surface area contributed by atoms with Gasteiger partial charge in [0.1, 0.15) is 18.6 Å². The summed E-state index contributed by atoms with van der Waals surface area (Å²) < 4.78 is 0. The molecule has 0 radical (unpaired) electrons. The number of quaternary nitrogens is 3. The number of nitrogens with two attached hydrogens (primary N) is 1. The Kier molecular flexibility index (Phi) is 7.44. The molecule has 0 unspecified atom stereocenters. The van der Waals surface area contributed by atoms with Crippen molar-refractivity contribution in [2.24, 2.45) is 0 Å². The fourth-order valence-electron chi connectivity index (χ4n) is 1.21. The van der Waals surface area contributed by atoms with Gasteiger partial charge >= 0.3 is 0 Å². The van der Waals surface area contributed by atoms with Gasteiger partial charge in [0, 0.05) is 6.42 Å². The Morgan fingerprint density at radius 2 is 1.62 bits per heavy atom. The maximum Gasteiger partial charge on any atom is 0.174 e. The van der Waals surface area contributed by atoms with Crippen LogP contribution in [0.3, 0.4) is 0 Å². The summed E-state index contributed by atoms with van der Waals surface area (Å²) in [6.07, 6.45) is 2.05. The summed E-state index contributed by atoms with van der Waals surface area (Å²) in [4.78, 5) is 20.6. The van der Waals surface area contributed by atoms with Gasteiger partial charge in [-0.1, -0.05) is 0 Å². The van der Waals surface area contributed by atoms with Crippen molar-refractivity contribution in [3.63, 3.8) is 0 Å². The van der Waals surface area contributed by atoms with Crippen LogP contribution in [0, 0.1) is 0 Å². The molecule has 0 aliphatic heterocycles. The maximum atomic E-state index is 10.3. The molecule has 0 aromatic carbocycles. The lowest BCUT2D eigenvalue weighted by molar-refractivity contribution is -0.678. The monoisotopic (exact) mass is 234 g/mol. The van der Waals surface area contributed by atoms with Crippen molar-refractivity contribution in [1.82, 2.24) is 0 Å². The highest BCUT2D eigenvalue weighted by atomic mass is 16.4. The molecular weight excluding hydrogens is 214 g/mol. The predicted octanol–water partition coefficient (Wildman–Crippen LogP) is -6.56.